The number of ether oxygens (including phenoxy) is 1. The van der Waals surface area contributed by atoms with E-state index in [2.05, 4.69) is 10.1 Å². The van der Waals surface area contributed by atoms with E-state index in [1.165, 1.54) is 25.3 Å². The fourth-order valence-corrected chi connectivity index (χ4v) is 1.90. The molecule has 1 aromatic heterocycles. The molecule has 0 aliphatic carbocycles. The third-order valence-corrected chi connectivity index (χ3v) is 2.86. The van der Waals surface area contributed by atoms with Crippen LogP contribution in [-0.2, 0) is 4.74 Å². The monoisotopic (exact) mass is 281 g/mol. The summed E-state index contributed by atoms with van der Waals surface area (Å²) in [5.74, 6) is -1.62. The summed E-state index contributed by atoms with van der Waals surface area (Å²) in [6.07, 6.45) is 0. The lowest BCUT2D eigenvalue weighted by atomic mass is 10.0. The minimum atomic E-state index is -0.694. The minimum absolute atomic E-state index is 0.0188. The van der Waals surface area contributed by atoms with Crippen LogP contribution in [0.4, 0.5) is 8.78 Å². The van der Waals surface area contributed by atoms with Crippen LogP contribution in [0.2, 0.25) is 0 Å². The standard InChI is InChI=1S/C14H13F2NO3/c1-17-13(9-4-3-8(15)7-10(9)16)11-5-6-12(20-11)14(18)19-2/h3-7,13,17H,1-2H3. The van der Waals surface area contributed by atoms with Gasteiger partial charge in [-0.15, -0.1) is 0 Å². The number of carbonyl (C=O) groups is 1. The summed E-state index contributed by atoms with van der Waals surface area (Å²) >= 11 is 0. The number of rotatable bonds is 4. The van der Waals surface area contributed by atoms with Gasteiger partial charge in [-0.05, 0) is 25.2 Å². The van der Waals surface area contributed by atoms with Gasteiger partial charge in [-0.25, -0.2) is 13.6 Å². The van der Waals surface area contributed by atoms with E-state index in [-0.39, 0.29) is 11.3 Å². The summed E-state index contributed by atoms with van der Waals surface area (Å²) in [4.78, 5) is 11.3. The van der Waals surface area contributed by atoms with E-state index in [9.17, 15) is 13.6 Å². The molecule has 0 bridgehead atoms. The van der Waals surface area contributed by atoms with Crippen molar-refractivity contribution >= 4 is 5.97 Å². The van der Waals surface area contributed by atoms with Crippen LogP contribution in [-0.4, -0.2) is 20.1 Å². The fourth-order valence-electron chi connectivity index (χ4n) is 1.90. The first kappa shape index (κ1) is 14.2. The summed E-state index contributed by atoms with van der Waals surface area (Å²) in [5.41, 5.74) is 0.222. The molecule has 1 atom stereocenters. The highest BCUT2D eigenvalue weighted by molar-refractivity contribution is 5.86. The molecule has 1 aromatic carbocycles. The van der Waals surface area contributed by atoms with Crippen molar-refractivity contribution in [2.75, 3.05) is 14.2 Å². The number of hydrogen-bond donors (Lipinski definition) is 1. The third kappa shape index (κ3) is 2.70. The topological polar surface area (TPSA) is 51.5 Å². The van der Waals surface area contributed by atoms with Crippen molar-refractivity contribution in [3.8, 4) is 0 Å². The lowest BCUT2D eigenvalue weighted by Crippen LogP contribution is -2.18. The maximum Gasteiger partial charge on any atom is 0.373 e. The third-order valence-electron chi connectivity index (χ3n) is 2.86. The smallest absolute Gasteiger partial charge is 0.373 e. The molecular formula is C14H13F2NO3. The molecule has 4 nitrogen and oxygen atoms in total. The Morgan fingerprint density at radius 3 is 2.65 bits per heavy atom. The van der Waals surface area contributed by atoms with Crippen molar-refractivity contribution in [1.29, 1.82) is 0 Å². The Hall–Kier alpha value is -2.21. The van der Waals surface area contributed by atoms with Crippen molar-refractivity contribution in [3.63, 3.8) is 0 Å². The van der Waals surface area contributed by atoms with E-state index in [1.54, 1.807) is 7.05 Å². The Kier molecular flexibility index (Phi) is 4.14. The van der Waals surface area contributed by atoms with E-state index in [1.807, 2.05) is 0 Å². The molecule has 0 radical (unpaired) electrons. The maximum atomic E-state index is 13.8. The van der Waals surface area contributed by atoms with E-state index >= 15 is 0 Å². The van der Waals surface area contributed by atoms with Gasteiger partial charge in [-0.2, -0.15) is 0 Å². The largest absolute Gasteiger partial charge is 0.463 e. The first-order valence-corrected chi connectivity index (χ1v) is 5.87. The summed E-state index contributed by atoms with van der Waals surface area (Å²) in [6.45, 7) is 0. The number of hydrogen-bond acceptors (Lipinski definition) is 4. The van der Waals surface area contributed by atoms with Gasteiger partial charge in [0.25, 0.3) is 0 Å². The fraction of sp³-hybridized carbons (Fsp3) is 0.214. The molecule has 20 heavy (non-hydrogen) atoms. The molecule has 1 N–H and O–H groups in total. The summed E-state index contributed by atoms with van der Waals surface area (Å²) in [7, 11) is 2.84. The van der Waals surface area contributed by atoms with E-state index < -0.39 is 23.6 Å². The van der Waals surface area contributed by atoms with Gasteiger partial charge in [-0.3, -0.25) is 0 Å². The van der Waals surface area contributed by atoms with Gasteiger partial charge < -0.3 is 14.5 Å². The normalized spacial score (nSPS) is 12.2. The van der Waals surface area contributed by atoms with Gasteiger partial charge in [-0.1, -0.05) is 6.07 Å². The van der Waals surface area contributed by atoms with Crippen molar-refractivity contribution in [2.45, 2.75) is 6.04 Å². The lowest BCUT2D eigenvalue weighted by molar-refractivity contribution is 0.0562. The number of furan rings is 1. The zero-order valence-electron chi connectivity index (χ0n) is 10.9. The Bertz CT molecular complexity index is 625. The number of esters is 1. The predicted octanol–water partition coefficient (Wildman–Crippen LogP) is 2.65. The number of benzene rings is 1. The average molecular weight is 281 g/mol. The summed E-state index contributed by atoms with van der Waals surface area (Å²) in [5, 5.41) is 2.86. The molecule has 1 heterocycles. The zero-order chi connectivity index (χ0) is 14.7. The molecule has 106 valence electrons. The van der Waals surface area contributed by atoms with Gasteiger partial charge in [0.1, 0.15) is 17.4 Å². The van der Waals surface area contributed by atoms with Crippen LogP contribution in [0.1, 0.15) is 27.9 Å². The molecule has 1 unspecified atom stereocenters. The highest BCUT2D eigenvalue weighted by Gasteiger charge is 2.21. The number of nitrogens with one attached hydrogen (secondary N) is 1. The van der Waals surface area contributed by atoms with Gasteiger partial charge >= 0.3 is 5.97 Å². The second-order valence-electron chi connectivity index (χ2n) is 4.08. The van der Waals surface area contributed by atoms with Crippen molar-refractivity contribution in [3.05, 3.63) is 59.1 Å². The number of methoxy groups -OCH3 is 1. The molecule has 0 spiro atoms. The molecule has 0 saturated heterocycles. The number of halogens is 2. The van der Waals surface area contributed by atoms with Crippen LogP contribution in [0.5, 0.6) is 0 Å². The van der Waals surface area contributed by atoms with Gasteiger partial charge in [0.05, 0.1) is 13.2 Å². The molecule has 0 aliphatic rings. The summed E-state index contributed by atoms with van der Waals surface area (Å²) in [6, 6.07) is 5.63. The van der Waals surface area contributed by atoms with Crippen LogP contribution in [0.15, 0.2) is 34.7 Å². The quantitative estimate of drug-likeness (QED) is 0.875. The first-order chi connectivity index (χ1) is 9.56. The molecule has 0 saturated carbocycles. The van der Waals surface area contributed by atoms with Gasteiger partial charge in [0.2, 0.25) is 5.76 Å². The van der Waals surface area contributed by atoms with E-state index in [4.69, 9.17) is 4.42 Å². The van der Waals surface area contributed by atoms with Crippen LogP contribution in [0.3, 0.4) is 0 Å². The predicted molar refractivity (Wildman–Crippen MR) is 67.3 cm³/mol. The first-order valence-electron chi connectivity index (χ1n) is 5.87. The van der Waals surface area contributed by atoms with E-state index in [0.29, 0.717) is 5.76 Å². The van der Waals surface area contributed by atoms with Crippen LogP contribution in [0, 0.1) is 11.6 Å². The maximum absolute atomic E-state index is 13.8. The molecule has 2 rings (SSSR count). The van der Waals surface area contributed by atoms with Gasteiger partial charge in [0, 0.05) is 11.6 Å². The lowest BCUT2D eigenvalue weighted by Gasteiger charge is -2.14. The molecule has 0 aliphatic heterocycles. The van der Waals surface area contributed by atoms with Crippen molar-refractivity contribution in [1.82, 2.24) is 5.32 Å². The Morgan fingerprint density at radius 1 is 1.30 bits per heavy atom. The zero-order valence-corrected chi connectivity index (χ0v) is 10.9. The molecule has 6 heteroatoms. The van der Waals surface area contributed by atoms with Crippen LogP contribution in [0.25, 0.3) is 0 Å². The SMILES string of the molecule is CNC(c1ccc(C(=O)OC)o1)c1ccc(F)cc1F. The summed E-state index contributed by atoms with van der Waals surface area (Å²) < 4.78 is 36.6. The average Bonchev–Trinajstić information content (AvgIpc) is 2.90. The van der Waals surface area contributed by atoms with Gasteiger partial charge in [0.15, 0.2) is 0 Å². The van der Waals surface area contributed by atoms with Crippen molar-refractivity contribution in [2.24, 2.45) is 0 Å². The molecule has 0 fully saturated rings. The Balaban J connectivity index is 2.37. The van der Waals surface area contributed by atoms with Crippen LogP contribution < -0.4 is 5.32 Å². The molecular weight excluding hydrogens is 268 g/mol. The minimum Gasteiger partial charge on any atom is -0.463 e. The molecule has 2 aromatic rings. The van der Waals surface area contributed by atoms with Crippen LogP contribution >= 0.6 is 0 Å². The number of carbonyl (C=O) groups excluding carboxylic acids is 1. The Morgan fingerprint density at radius 2 is 2.05 bits per heavy atom. The second kappa shape index (κ2) is 5.83. The Labute approximate surface area is 114 Å². The van der Waals surface area contributed by atoms with Crippen molar-refractivity contribution < 1.29 is 22.7 Å². The molecule has 0 amide bonds. The van der Waals surface area contributed by atoms with E-state index in [0.717, 1.165) is 12.1 Å². The second-order valence-corrected chi connectivity index (χ2v) is 4.08. The highest BCUT2D eigenvalue weighted by atomic mass is 19.1. The highest BCUT2D eigenvalue weighted by Crippen LogP contribution is 2.26.